The minimum atomic E-state index is -0.163. The van der Waals surface area contributed by atoms with E-state index in [1.165, 1.54) is 24.1 Å². The fourth-order valence-electron chi connectivity index (χ4n) is 5.02. The minimum Gasteiger partial charge on any atom is -0.382 e. The van der Waals surface area contributed by atoms with Crippen molar-refractivity contribution in [3.63, 3.8) is 0 Å². The summed E-state index contributed by atoms with van der Waals surface area (Å²) in [6, 6.07) is 7.55. The first-order chi connectivity index (χ1) is 17.4. The van der Waals surface area contributed by atoms with E-state index in [0.717, 1.165) is 54.0 Å². The van der Waals surface area contributed by atoms with Crippen LogP contribution in [0.1, 0.15) is 85.0 Å². The number of hydrogen-bond donors (Lipinski definition) is 2. The number of nitrogens with zero attached hydrogens (tertiary/aromatic N) is 4. The third-order valence-corrected chi connectivity index (χ3v) is 8.44. The Kier molecular flexibility index (Phi) is 7.05. The van der Waals surface area contributed by atoms with E-state index >= 15 is 0 Å². The molecule has 0 radical (unpaired) electrons. The summed E-state index contributed by atoms with van der Waals surface area (Å²) >= 11 is 1.57. The Morgan fingerprint density at radius 1 is 1.19 bits per heavy atom. The maximum atomic E-state index is 12.9. The number of amides is 1. The molecule has 1 unspecified atom stereocenters. The van der Waals surface area contributed by atoms with Crippen molar-refractivity contribution in [3.8, 4) is 11.3 Å². The van der Waals surface area contributed by atoms with E-state index in [1.807, 2.05) is 37.4 Å². The van der Waals surface area contributed by atoms with Crippen LogP contribution in [0.15, 0.2) is 36.7 Å². The molecular weight excluding hydrogens is 468 g/mol. The van der Waals surface area contributed by atoms with Gasteiger partial charge < -0.3 is 5.73 Å². The number of nitrogens with one attached hydrogen (secondary N) is 1. The van der Waals surface area contributed by atoms with Crippen LogP contribution in [0, 0.1) is 12.8 Å². The normalized spacial score (nSPS) is 15.3. The first-order valence-electron chi connectivity index (χ1n) is 12.9. The van der Waals surface area contributed by atoms with Gasteiger partial charge in [0.25, 0.3) is 5.91 Å². The number of imidazole rings is 1. The number of anilines is 2. The van der Waals surface area contributed by atoms with Gasteiger partial charge in [0.15, 0.2) is 5.13 Å². The lowest BCUT2D eigenvalue weighted by molar-refractivity contribution is 0.102. The predicted molar refractivity (Wildman–Crippen MR) is 147 cm³/mol. The third kappa shape index (κ3) is 4.87. The number of carbonyl (C=O) groups is 1. The van der Waals surface area contributed by atoms with Crippen LogP contribution < -0.4 is 11.1 Å². The molecule has 3 N–H and O–H groups in total. The van der Waals surface area contributed by atoms with E-state index in [1.54, 1.807) is 17.5 Å². The Morgan fingerprint density at radius 2 is 1.94 bits per heavy atom. The number of nitrogen functional groups attached to an aromatic ring is 1. The third-order valence-electron chi connectivity index (χ3n) is 7.35. The number of carbonyl (C=O) groups excluding carboxylic acids is 1. The summed E-state index contributed by atoms with van der Waals surface area (Å²) in [5, 5.41) is 3.62. The van der Waals surface area contributed by atoms with Crippen LogP contribution in [-0.2, 0) is 6.42 Å². The average molecular weight is 503 g/mol. The first kappa shape index (κ1) is 24.4. The minimum absolute atomic E-state index is 0.163. The second-order valence-electron chi connectivity index (χ2n) is 9.96. The van der Waals surface area contributed by atoms with Crippen LogP contribution >= 0.6 is 11.3 Å². The highest BCUT2D eigenvalue weighted by Gasteiger charge is 2.24. The van der Waals surface area contributed by atoms with Crippen LogP contribution in [0.4, 0.5) is 10.9 Å². The fourth-order valence-corrected chi connectivity index (χ4v) is 6.14. The summed E-state index contributed by atoms with van der Waals surface area (Å²) in [7, 11) is 0. The Balaban J connectivity index is 1.39. The van der Waals surface area contributed by atoms with Gasteiger partial charge in [-0.3, -0.25) is 14.5 Å². The molecular formula is C28H34N6OS. The number of nitrogens with two attached hydrogens (primary N) is 1. The number of aromatic nitrogens is 4. The molecule has 4 aromatic rings. The van der Waals surface area contributed by atoms with E-state index in [0.29, 0.717) is 28.3 Å². The van der Waals surface area contributed by atoms with Crippen LogP contribution in [-0.4, -0.2) is 25.3 Å². The summed E-state index contributed by atoms with van der Waals surface area (Å²) in [5.74, 6) is 2.39. The number of hydrogen-bond acceptors (Lipinski definition) is 6. The van der Waals surface area contributed by atoms with E-state index < -0.39 is 0 Å². The van der Waals surface area contributed by atoms with Crippen LogP contribution in [0.3, 0.4) is 0 Å². The number of rotatable bonds is 7. The van der Waals surface area contributed by atoms with Crippen molar-refractivity contribution in [1.82, 2.24) is 19.4 Å². The molecule has 0 saturated heterocycles. The summed E-state index contributed by atoms with van der Waals surface area (Å²) in [5.41, 5.74) is 10.5. The van der Waals surface area contributed by atoms with Crippen LogP contribution in [0.5, 0.6) is 0 Å². The zero-order valence-corrected chi connectivity index (χ0v) is 22.1. The largest absolute Gasteiger partial charge is 0.382 e. The topological polar surface area (TPSA) is 98.2 Å². The van der Waals surface area contributed by atoms with E-state index in [2.05, 4.69) is 33.5 Å². The Hall–Kier alpha value is -3.26. The Bertz CT molecular complexity index is 1370. The van der Waals surface area contributed by atoms with Gasteiger partial charge >= 0.3 is 0 Å². The van der Waals surface area contributed by atoms with Crippen molar-refractivity contribution in [2.45, 2.75) is 71.6 Å². The quantitative estimate of drug-likeness (QED) is 0.295. The summed E-state index contributed by atoms with van der Waals surface area (Å²) in [4.78, 5) is 28.1. The molecule has 1 aromatic carbocycles. The van der Waals surface area contributed by atoms with E-state index in [-0.39, 0.29) is 5.91 Å². The molecule has 7 nitrogen and oxygen atoms in total. The molecule has 0 bridgehead atoms. The molecule has 1 fully saturated rings. The number of aryl methyl sites for hydroxylation is 1. The number of thiazole rings is 1. The van der Waals surface area contributed by atoms with Gasteiger partial charge in [0.2, 0.25) is 0 Å². The van der Waals surface area contributed by atoms with Crippen molar-refractivity contribution in [2.75, 3.05) is 11.1 Å². The van der Waals surface area contributed by atoms with Gasteiger partial charge in [0, 0.05) is 34.3 Å². The van der Waals surface area contributed by atoms with Gasteiger partial charge in [-0.2, -0.15) is 0 Å². The molecule has 0 spiro atoms. The molecule has 1 saturated carbocycles. The summed E-state index contributed by atoms with van der Waals surface area (Å²) in [6.45, 7) is 6.45. The van der Waals surface area contributed by atoms with Gasteiger partial charge in [0.1, 0.15) is 22.9 Å². The molecule has 3 aromatic heterocycles. The molecule has 1 amide bonds. The van der Waals surface area contributed by atoms with Gasteiger partial charge in [-0.25, -0.2) is 15.0 Å². The zero-order chi connectivity index (χ0) is 25.2. The maximum absolute atomic E-state index is 12.9. The van der Waals surface area contributed by atoms with Gasteiger partial charge in [-0.05, 0) is 44.2 Å². The lowest BCUT2D eigenvalue weighted by Crippen LogP contribution is -2.11. The second kappa shape index (κ2) is 10.4. The average Bonchev–Trinajstić information content (AvgIpc) is 3.45. The van der Waals surface area contributed by atoms with Crippen LogP contribution in [0.25, 0.3) is 16.8 Å². The lowest BCUT2D eigenvalue weighted by Gasteiger charge is -2.20. The van der Waals surface area contributed by atoms with Crippen molar-refractivity contribution < 1.29 is 4.79 Å². The monoisotopic (exact) mass is 502 g/mol. The summed E-state index contributed by atoms with van der Waals surface area (Å²) in [6.07, 6.45) is 11.9. The van der Waals surface area contributed by atoms with Crippen molar-refractivity contribution in [3.05, 3.63) is 58.6 Å². The Labute approximate surface area is 216 Å². The van der Waals surface area contributed by atoms with E-state index in [4.69, 9.17) is 10.7 Å². The first-order valence-corrected chi connectivity index (χ1v) is 13.8. The number of benzene rings is 1. The molecule has 8 heteroatoms. The standard InChI is InChI=1S/C28H34N6OS/c1-4-17(2)16-22-18(3)31-28(36-22)33-27(35)21-12-10-19(11-13-21)23-24-25(29)30-14-15-34(24)26(32-23)20-8-6-5-7-9-20/h10-15,17,20H,4-9,16H2,1-3H3,(H2,29,30)(H,31,33,35). The molecule has 36 heavy (non-hydrogen) atoms. The van der Waals surface area contributed by atoms with E-state index in [9.17, 15) is 4.79 Å². The van der Waals surface area contributed by atoms with Crippen molar-refractivity contribution >= 4 is 33.7 Å². The highest BCUT2D eigenvalue weighted by atomic mass is 32.1. The van der Waals surface area contributed by atoms with Gasteiger partial charge in [0.05, 0.1) is 5.69 Å². The molecule has 188 valence electrons. The molecule has 1 atom stereocenters. The molecule has 1 aliphatic carbocycles. The lowest BCUT2D eigenvalue weighted by atomic mass is 9.89. The maximum Gasteiger partial charge on any atom is 0.257 e. The van der Waals surface area contributed by atoms with Gasteiger partial charge in [-0.1, -0.05) is 51.7 Å². The van der Waals surface area contributed by atoms with Crippen molar-refractivity contribution in [1.29, 1.82) is 0 Å². The zero-order valence-electron chi connectivity index (χ0n) is 21.3. The Morgan fingerprint density at radius 3 is 2.67 bits per heavy atom. The predicted octanol–water partition coefficient (Wildman–Crippen LogP) is 6.63. The smallest absolute Gasteiger partial charge is 0.257 e. The fraction of sp³-hybridized carbons (Fsp3) is 0.429. The highest BCUT2D eigenvalue weighted by Crippen LogP contribution is 2.36. The van der Waals surface area contributed by atoms with Crippen molar-refractivity contribution in [2.24, 2.45) is 5.92 Å². The molecule has 0 aliphatic heterocycles. The SMILES string of the molecule is CCC(C)Cc1sc(NC(=O)c2ccc(-c3nc(C4CCCCC4)n4ccnc(N)c34)cc2)nc1C. The summed E-state index contributed by atoms with van der Waals surface area (Å²) < 4.78 is 2.11. The van der Waals surface area contributed by atoms with Crippen LogP contribution in [0.2, 0.25) is 0 Å². The highest BCUT2D eigenvalue weighted by molar-refractivity contribution is 7.15. The molecule has 3 heterocycles. The van der Waals surface area contributed by atoms with Gasteiger partial charge in [-0.15, -0.1) is 11.3 Å². The second-order valence-corrected chi connectivity index (χ2v) is 11.0. The molecule has 1 aliphatic rings. The molecule has 5 rings (SSSR count). The number of fused-ring (bicyclic) bond motifs is 1.